The van der Waals surface area contributed by atoms with Gasteiger partial charge >= 0.3 is 0 Å². The molecule has 0 saturated heterocycles. The van der Waals surface area contributed by atoms with Gasteiger partial charge in [0, 0.05) is 64.1 Å². The van der Waals surface area contributed by atoms with Gasteiger partial charge in [0.05, 0.1) is 11.0 Å². The number of fused-ring (bicyclic) bond motifs is 9. The molecule has 0 aliphatic heterocycles. The van der Waals surface area contributed by atoms with Crippen molar-refractivity contribution in [2.45, 2.75) is 0 Å². The van der Waals surface area contributed by atoms with E-state index in [1.807, 2.05) is 60.7 Å². The standard InChI is InChI=1S/C51H30N4OS/c1-3-12-31(13-4-1)49-52-50(33-23-26-45-40(29-33)37-16-8-10-21-44(37)56-45)54-51(53-49)34-22-25-38-41-28-32(24-27-46(41)57-47(38)30-34)36-18-11-20-43-48(36)39-17-7-9-19-42(39)55(43)35-14-5-2-6-15-35/h1-30H. The fraction of sp³-hybridized carbons (Fsp3) is 0. The summed E-state index contributed by atoms with van der Waals surface area (Å²) in [5.74, 6) is 1.89. The zero-order valence-corrected chi connectivity index (χ0v) is 31.2. The zero-order chi connectivity index (χ0) is 37.5. The summed E-state index contributed by atoms with van der Waals surface area (Å²) in [5.41, 5.74) is 10.5. The molecule has 4 aromatic heterocycles. The monoisotopic (exact) mass is 746 g/mol. The van der Waals surface area contributed by atoms with E-state index in [1.165, 1.54) is 53.1 Å². The molecule has 0 unspecified atom stereocenters. The van der Waals surface area contributed by atoms with Gasteiger partial charge in [-0.2, -0.15) is 0 Å². The quantitative estimate of drug-likeness (QED) is 0.176. The van der Waals surface area contributed by atoms with E-state index in [4.69, 9.17) is 19.4 Å². The van der Waals surface area contributed by atoms with Crippen LogP contribution in [0.15, 0.2) is 186 Å². The van der Waals surface area contributed by atoms with Gasteiger partial charge in [-0.25, -0.2) is 15.0 Å². The van der Waals surface area contributed by atoms with Crippen LogP contribution in [-0.2, 0) is 0 Å². The van der Waals surface area contributed by atoms with Crippen molar-refractivity contribution in [3.05, 3.63) is 182 Å². The molecule has 12 aromatic rings. The maximum Gasteiger partial charge on any atom is 0.164 e. The second-order valence-corrected chi connectivity index (χ2v) is 15.5. The molecule has 0 aliphatic carbocycles. The van der Waals surface area contributed by atoms with Gasteiger partial charge in [0.15, 0.2) is 17.5 Å². The molecular formula is C51H30N4OS. The third kappa shape index (κ3) is 5.12. The molecule has 12 rings (SSSR count). The summed E-state index contributed by atoms with van der Waals surface area (Å²) in [6.07, 6.45) is 0. The summed E-state index contributed by atoms with van der Waals surface area (Å²) < 4.78 is 10.9. The van der Waals surface area contributed by atoms with Gasteiger partial charge < -0.3 is 8.98 Å². The lowest BCUT2D eigenvalue weighted by Gasteiger charge is -2.09. The first-order valence-electron chi connectivity index (χ1n) is 19.0. The van der Waals surface area contributed by atoms with Crippen molar-refractivity contribution in [1.29, 1.82) is 0 Å². The number of hydrogen-bond donors (Lipinski definition) is 0. The maximum absolute atomic E-state index is 6.13. The summed E-state index contributed by atoms with van der Waals surface area (Å²) in [4.78, 5) is 15.2. The number of benzene rings is 8. The van der Waals surface area contributed by atoms with Crippen LogP contribution in [0.4, 0.5) is 0 Å². The summed E-state index contributed by atoms with van der Waals surface area (Å²) in [6.45, 7) is 0. The van der Waals surface area contributed by atoms with Crippen LogP contribution in [0.5, 0.6) is 0 Å². The second-order valence-electron chi connectivity index (χ2n) is 14.4. The SMILES string of the molecule is c1ccc(-c2nc(-c3ccc4c(c3)sc3ccc(-c5cccc6c5c5ccccc5n6-c5ccccc5)cc34)nc(-c3ccc4oc5ccccc5c4c3)n2)cc1. The van der Waals surface area contributed by atoms with Crippen LogP contribution in [0.2, 0.25) is 0 Å². The van der Waals surface area contributed by atoms with Crippen LogP contribution >= 0.6 is 11.3 Å². The molecule has 0 spiro atoms. The molecule has 57 heavy (non-hydrogen) atoms. The maximum atomic E-state index is 6.13. The molecule has 0 amide bonds. The Labute approximate surface area is 330 Å². The molecule has 0 aliphatic rings. The highest BCUT2D eigenvalue weighted by Crippen LogP contribution is 2.42. The Morgan fingerprint density at radius 2 is 1.02 bits per heavy atom. The van der Waals surface area contributed by atoms with Crippen LogP contribution in [0.25, 0.3) is 115 Å². The van der Waals surface area contributed by atoms with E-state index >= 15 is 0 Å². The third-order valence-corrected chi connectivity index (χ3v) is 12.2. The molecule has 266 valence electrons. The Morgan fingerprint density at radius 1 is 0.386 bits per heavy atom. The zero-order valence-electron chi connectivity index (χ0n) is 30.4. The Morgan fingerprint density at radius 3 is 1.86 bits per heavy atom. The van der Waals surface area contributed by atoms with E-state index in [0.29, 0.717) is 17.5 Å². The molecular weight excluding hydrogens is 717 g/mol. The predicted octanol–water partition coefficient (Wildman–Crippen LogP) is 13.9. The molecule has 4 heterocycles. The van der Waals surface area contributed by atoms with Crippen LogP contribution < -0.4 is 0 Å². The van der Waals surface area contributed by atoms with Crippen molar-refractivity contribution < 1.29 is 4.42 Å². The Hall–Kier alpha value is -7.41. The molecule has 0 atom stereocenters. The number of para-hydroxylation sites is 3. The van der Waals surface area contributed by atoms with E-state index in [0.717, 1.165) is 44.3 Å². The van der Waals surface area contributed by atoms with Crippen molar-refractivity contribution in [2.24, 2.45) is 0 Å². The summed E-state index contributed by atoms with van der Waals surface area (Å²) >= 11 is 1.80. The number of thiophene rings is 1. The van der Waals surface area contributed by atoms with E-state index in [1.54, 1.807) is 11.3 Å². The minimum absolute atomic E-state index is 0.620. The number of nitrogens with zero attached hydrogens (tertiary/aromatic N) is 4. The molecule has 0 saturated carbocycles. The lowest BCUT2D eigenvalue weighted by atomic mass is 9.98. The van der Waals surface area contributed by atoms with E-state index in [2.05, 4.69) is 126 Å². The second kappa shape index (κ2) is 12.6. The summed E-state index contributed by atoms with van der Waals surface area (Å²) in [5, 5.41) is 7.07. The van der Waals surface area contributed by atoms with Crippen LogP contribution in [0.3, 0.4) is 0 Å². The number of hydrogen-bond acceptors (Lipinski definition) is 5. The highest BCUT2D eigenvalue weighted by atomic mass is 32.1. The molecule has 8 aromatic carbocycles. The first-order chi connectivity index (χ1) is 28.2. The van der Waals surface area contributed by atoms with Gasteiger partial charge in [0.25, 0.3) is 0 Å². The van der Waals surface area contributed by atoms with Gasteiger partial charge in [-0.3, -0.25) is 0 Å². The lowest BCUT2D eigenvalue weighted by molar-refractivity contribution is 0.669. The topological polar surface area (TPSA) is 56.7 Å². The van der Waals surface area contributed by atoms with Gasteiger partial charge in [-0.1, -0.05) is 115 Å². The molecule has 5 nitrogen and oxygen atoms in total. The Kier molecular flexibility index (Phi) is 7.03. The number of furan rings is 1. The molecule has 0 radical (unpaired) electrons. The van der Waals surface area contributed by atoms with Crippen molar-refractivity contribution in [3.63, 3.8) is 0 Å². The van der Waals surface area contributed by atoms with E-state index < -0.39 is 0 Å². The van der Waals surface area contributed by atoms with E-state index in [-0.39, 0.29) is 0 Å². The van der Waals surface area contributed by atoms with Crippen molar-refractivity contribution >= 4 is 75.3 Å². The van der Waals surface area contributed by atoms with Gasteiger partial charge in [0.2, 0.25) is 0 Å². The number of aromatic nitrogens is 4. The third-order valence-electron chi connectivity index (χ3n) is 11.1. The molecule has 0 fully saturated rings. The van der Waals surface area contributed by atoms with Gasteiger partial charge in [0.1, 0.15) is 11.2 Å². The highest BCUT2D eigenvalue weighted by molar-refractivity contribution is 7.25. The highest BCUT2D eigenvalue weighted by Gasteiger charge is 2.19. The lowest BCUT2D eigenvalue weighted by Crippen LogP contribution is -2.00. The van der Waals surface area contributed by atoms with Crippen molar-refractivity contribution in [2.75, 3.05) is 0 Å². The van der Waals surface area contributed by atoms with Gasteiger partial charge in [-0.05, 0) is 77.9 Å². The average Bonchev–Trinajstić information content (AvgIpc) is 3.95. The van der Waals surface area contributed by atoms with E-state index in [9.17, 15) is 0 Å². The summed E-state index contributed by atoms with van der Waals surface area (Å²) in [6, 6.07) is 64.0. The minimum atomic E-state index is 0.620. The van der Waals surface area contributed by atoms with Crippen LogP contribution in [0.1, 0.15) is 0 Å². The van der Waals surface area contributed by atoms with Crippen LogP contribution in [0, 0.1) is 0 Å². The largest absolute Gasteiger partial charge is 0.456 e. The Balaban J connectivity index is 0.993. The first kappa shape index (κ1) is 31.9. The summed E-state index contributed by atoms with van der Waals surface area (Å²) in [7, 11) is 0. The molecule has 0 bridgehead atoms. The average molecular weight is 747 g/mol. The number of rotatable bonds is 5. The van der Waals surface area contributed by atoms with Gasteiger partial charge in [-0.15, -0.1) is 11.3 Å². The fourth-order valence-corrected chi connectivity index (χ4v) is 9.54. The fourth-order valence-electron chi connectivity index (χ4n) is 8.41. The smallest absolute Gasteiger partial charge is 0.164 e. The Bertz CT molecular complexity index is 3530. The van der Waals surface area contributed by atoms with Crippen LogP contribution in [-0.4, -0.2) is 19.5 Å². The van der Waals surface area contributed by atoms with Crippen molar-refractivity contribution in [1.82, 2.24) is 19.5 Å². The predicted molar refractivity (Wildman–Crippen MR) is 236 cm³/mol. The molecule has 0 N–H and O–H groups in total. The van der Waals surface area contributed by atoms with Crippen molar-refractivity contribution in [3.8, 4) is 51.0 Å². The molecule has 6 heteroatoms. The minimum Gasteiger partial charge on any atom is -0.456 e. The first-order valence-corrected chi connectivity index (χ1v) is 19.8. The normalized spacial score (nSPS) is 11.9.